The molecule has 0 aliphatic carbocycles. The molecule has 3 nitrogen and oxygen atoms in total. The average molecular weight is 489 g/mol. The first-order chi connectivity index (χ1) is 14.9. The van der Waals surface area contributed by atoms with Crippen LogP contribution in [0.1, 0.15) is 105 Å². The van der Waals surface area contributed by atoms with Gasteiger partial charge in [0.05, 0.1) is 0 Å². The van der Waals surface area contributed by atoms with E-state index in [4.69, 9.17) is 9.05 Å². The van der Waals surface area contributed by atoms with Gasteiger partial charge in [-0.3, -0.25) is 0 Å². The molecular formula is C30H49O3P. The Morgan fingerprint density at radius 1 is 0.529 bits per heavy atom. The Hall–Kier alpha value is -1.57. The van der Waals surface area contributed by atoms with Gasteiger partial charge in [-0.25, -0.2) is 0 Å². The summed E-state index contributed by atoms with van der Waals surface area (Å²) in [7, 11) is -4.02. The van der Waals surface area contributed by atoms with Gasteiger partial charge in [0.15, 0.2) is 0 Å². The summed E-state index contributed by atoms with van der Waals surface area (Å²) in [5.41, 5.74) is 4.35. The predicted octanol–water partition coefficient (Wildman–Crippen LogP) is 8.88. The summed E-state index contributed by atoms with van der Waals surface area (Å²) < 4.78 is 12.9. The molecule has 0 amide bonds. The van der Waals surface area contributed by atoms with Crippen LogP contribution in [0.5, 0.6) is 11.5 Å². The Morgan fingerprint density at radius 3 is 1.06 bits per heavy atom. The monoisotopic (exact) mass is 488 g/mol. The second-order valence-corrected chi connectivity index (χ2v) is 18.4. The average Bonchev–Trinajstić information content (AvgIpc) is 2.57. The first-order valence-corrected chi connectivity index (χ1v) is 15.3. The molecule has 0 radical (unpaired) electrons. The molecule has 0 fully saturated rings. The van der Waals surface area contributed by atoms with Gasteiger partial charge in [-0.05, 0) is 0 Å². The second-order valence-electron chi connectivity index (χ2n) is 14.4. The van der Waals surface area contributed by atoms with E-state index in [1.165, 1.54) is 11.1 Å². The second kappa shape index (κ2) is 8.52. The number of hydrogen-bond acceptors (Lipinski definition) is 3. The van der Waals surface area contributed by atoms with Crippen molar-refractivity contribution in [3.8, 4) is 11.5 Å². The fraction of sp³-hybridized carbons (Fsp3) is 0.600. The number of hydrogen-bond donors (Lipinski definition) is 1. The van der Waals surface area contributed by atoms with E-state index in [2.05, 4.69) is 107 Å². The minimum absolute atomic E-state index is 0.0224. The summed E-state index contributed by atoms with van der Waals surface area (Å²) >= 11 is 0. The Morgan fingerprint density at radius 2 is 0.824 bits per heavy atom. The minimum atomic E-state index is -4.02. The normalized spacial score (nSPS) is 15.0. The molecule has 0 atom stereocenters. The maximum absolute atomic E-state index is 11.8. The number of benzene rings is 2. The summed E-state index contributed by atoms with van der Waals surface area (Å²) in [6.45, 7) is 29.7. The van der Waals surface area contributed by atoms with E-state index < -0.39 is 7.28 Å². The zero-order chi connectivity index (χ0) is 26.6. The van der Waals surface area contributed by atoms with Crippen LogP contribution in [0.15, 0.2) is 36.4 Å². The van der Waals surface area contributed by atoms with Gasteiger partial charge in [0.25, 0.3) is 0 Å². The van der Waals surface area contributed by atoms with Crippen LogP contribution in [0, 0.1) is 0 Å². The van der Waals surface area contributed by atoms with Gasteiger partial charge in [0.2, 0.25) is 0 Å². The first-order valence-electron chi connectivity index (χ1n) is 12.3. The van der Waals surface area contributed by atoms with Crippen molar-refractivity contribution in [2.45, 2.75) is 105 Å². The van der Waals surface area contributed by atoms with Gasteiger partial charge in [-0.1, -0.05) is 0 Å². The molecule has 192 valence electrons. The van der Waals surface area contributed by atoms with E-state index in [0.717, 1.165) is 11.1 Å². The van der Waals surface area contributed by atoms with E-state index >= 15 is 0 Å². The maximum atomic E-state index is 11.8. The number of rotatable bonds is 4. The molecule has 34 heavy (non-hydrogen) atoms. The Kier molecular flexibility index (Phi) is 7.19. The zero-order valence-corrected chi connectivity index (χ0v) is 25.1. The third-order valence-corrected chi connectivity index (χ3v) is 7.46. The van der Waals surface area contributed by atoms with Crippen LogP contribution in [0.2, 0.25) is 0 Å². The molecule has 2 rings (SSSR count). The SMILES string of the molecule is CC(C)(C)c1ccc(OP(C)(C)(O)Oc2ccc(C(C)(C)C)cc2C(C)(C)C)c(C(C)(C)C)c1. The standard InChI is InChI=1S/C30H49O3P/c1-27(2,3)21-15-17-25(23(19-21)29(7,8)9)32-34(13,14,31)33-26-18-16-22(28(4,5)6)20-24(26)30(10,11)12/h15-20,31H,1-14H3. The molecule has 0 aromatic heterocycles. The van der Waals surface area contributed by atoms with Gasteiger partial charge in [0, 0.05) is 0 Å². The van der Waals surface area contributed by atoms with Crippen LogP contribution in [-0.2, 0) is 21.7 Å². The Labute approximate surface area is 209 Å². The third kappa shape index (κ3) is 7.22. The molecule has 2 aromatic rings. The molecule has 0 aliphatic rings. The molecular weight excluding hydrogens is 439 g/mol. The van der Waals surface area contributed by atoms with Crippen molar-refractivity contribution in [2.75, 3.05) is 13.3 Å². The van der Waals surface area contributed by atoms with Gasteiger partial charge in [0.1, 0.15) is 0 Å². The molecule has 0 heterocycles. The topological polar surface area (TPSA) is 38.7 Å². The van der Waals surface area contributed by atoms with Crippen molar-refractivity contribution in [3.63, 3.8) is 0 Å². The summed E-state index contributed by atoms with van der Waals surface area (Å²) in [5, 5.41) is 0. The quantitative estimate of drug-likeness (QED) is 0.437. The molecule has 0 saturated carbocycles. The summed E-state index contributed by atoms with van der Waals surface area (Å²) in [6.07, 6.45) is 0. The summed E-state index contributed by atoms with van der Waals surface area (Å²) in [4.78, 5) is 11.8. The van der Waals surface area contributed by atoms with Gasteiger partial charge >= 0.3 is 209 Å². The van der Waals surface area contributed by atoms with Gasteiger partial charge < -0.3 is 0 Å². The van der Waals surface area contributed by atoms with Crippen LogP contribution in [-0.4, -0.2) is 18.2 Å². The van der Waals surface area contributed by atoms with E-state index in [-0.39, 0.29) is 21.7 Å². The molecule has 0 unspecified atom stereocenters. The molecule has 0 saturated heterocycles. The van der Waals surface area contributed by atoms with Crippen molar-refractivity contribution in [2.24, 2.45) is 0 Å². The predicted molar refractivity (Wildman–Crippen MR) is 150 cm³/mol. The molecule has 1 N–H and O–H groups in total. The molecule has 0 bridgehead atoms. The van der Waals surface area contributed by atoms with E-state index in [0.29, 0.717) is 11.5 Å². The van der Waals surface area contributed by atoms with Gasteiger partial charge in [-0.15, -0.1) is 0 Å². The fourth-order valence-corrected chi connectivity index (χ4v) is 5.38. The first kappa shape index (κ1) is 28.7. The van der Waals surface area contributed by atoms with Crippen molar-refractivity contribution < 1.29 is 13.9 Å². The van der Waals surface area contributed by atoms with E-state index in [1.54, 1.807) is 13.3 Å². The molecule has 0 spiro atoms. The zero-order valence-electron chi connectivity index (χ0n) is 24.2. The van der Waals surface area contributed by atoms with Crippen molar-refractivity contribution in [3.05, 3.63) is 58.7 Å². The molecule has 2 aromatic carbocycles. The molecule has 0 aliphatic heterocycles. The fourth-order valence-electron chi connectivity index (χ4n) is 3.90. The van der Waals surface area contributed by atoms with Crippen LogP contribution < -0.4 is 9.05 Å². The summed E-state index contributed by atoms with van der Waals surface area (Å²) in [5.74, 6) is 1.35. The van der Waals surface area contributed by atoms with Crippen molar-refractivity contribution in [1.82, 2.24) is 0 Å². The molecule has 4 heteroatoms. The summed E-state index contributed by atoms with van der Waals surface area (Å²) in [6, 6.07) is 12.6. The van der Waals surface area contributed by atoms with Crippen LogP contribution in [0.3, 0.4) is 0 Å². The van der Waals surface area contributed by atoms with Crippen LogP contribution in [0.4, 0.5) is 0 Å². The van der Waals surface area contributed by atoms with Crippen molar-refractivity contribution >= 4 is 7.28 Å². The van der Waals surface area contributed by atoms with Crippen LogP contribution >= 0.6 is 7.28 Å². The third-order valence-electron chi connectivity index (χ3n) is 6.03. The van der Waals surface area contributed by atoms with Crippen LogP contribution in [0.25, 0.3) is 0 Å². The van der Waals surface area contributed by atoms with Gasteiger partial charge in [-0.2, -0.15) is 0 Å². The Balaban J connectivity index is 2.57. The van der Waals surface area contributed by atoms with Crippen molar-refractivity contribution in [1.29, 1.82) is 0 Å². The van der Waals surface area contributed by atoms with E-state index in [1.807, 2.05) is 12.1 Å². The van der Waals surface area contributed by atoms with E-state index in [9.17, 15) is 4.89 Å². The Bertz CT molecular complexity index is 949.